The fourth-order valence-electron chi connectivity index (χ4n) is 1.27. The highest BCUT2D eigenvalue weighted by Gasteiger charge is 2.15. The third kappa shape index (κ3) is 1.85. The van der Waals surface area contributed by atoms with E-state index in [1.165, 1.54) is 0 Å². The summed E-state index contributed by atoms with van der Waals surface area (Å²) in [5.74, 6) is 0.119. The van der Waals surface area contributed by atoms with Crippen LogP contribution in [0.2, 0.25) is 5.02 Å². The van der Waals surface area contributed by atoms with E-state index in [1.807, 2.05) is 6.92 Å². The lowest BCUT2D eigenvalue weighted by molar-refractivity contribution is 0.265. The van der Waals surface area contributed by atoms with Crippen LogP contribution in [0.4, 0.5) is 0 Å². The van der Waals surface area contributed by atoms with Gasteiger partial charge in [-0.15, -0.1) is 0 Å². The molecule has 0 aliphatic heterocycles. The Morgan fingerprint density at radius 1 is 1.43 bits per heavy atom. The van der Waals surface area contributed by atoms with Gasteiger partial charge >= 0.3 is 0 Å². The zero-order chi connectivity index (χ0) is 10.9. The molecule has 0 heterocycles. The van der Waals surface area contributed by atoms with Crippen molar-refractivity contribution in [1.82, 2.24) is 0 Å². The average molecular weight is 216 g/mol. The summed E-state index contributed by atoms with van der Waals surface area (Å²) < 4.78 is 0. The Kier molecular flexibility index (Phi) is 3.37. The van der Waals surface area contributed by atoms with Crippen LogP contribution in [0, 0.1) is 13.8 Å². The minimum absolute atomic E-state index is 0.119. The van der Waals surface area contributed by atoms with Crippen LogP contribution < -0.4 is 5.73 Å². The third-order valence-electron chi connectivity index (χ3n) is 2.43. The number of aliphatic hydroxyl groups is 1. The third-order valence-corrected chi connectivity index (χ3v) is 2.82. The van der Waals surface area contributed by atoms with E-state index in [9.17, 15) is 5.11 Å². The molecule has 0 bridgehead atoms. The van der Waals surface area contributed by atoms with Gasteiger partial charge in [-0.25, -0.2) is 0 Å². The van der Waals surface area contributed by atoms with E-state index in [0.717, 1.165) is 5.56 Å². The fourth-order valence-corrected chi connectivity index (χ4v) is 1.53. The first-order valence-electron chi connectivity index (χ1n) is 4.34. The van der Waals surface area contributed by atoms with Crippen LogP contribution in [0.25, 0.3) is 0 Å². The largest absolute Gasteiger partial charge is 0.507 e. The molecule has 0 amide bonds. The number of rotatable bonds is 2. The molecule has 0 radical (unpaired) electrons. The number of nitrogens with two attached hydrogens (primary N) is 1. The van der Waals surface area contributed by atoms with Crippen LogP contribution in [0.3, 0.4) is 0 Å². The summed E-state index contributed by atoms with van der Waals surface area (Å²) in [7, 11) is 0. The monoisotopic (exact) mass is 215 g/mol. The number of benzene rings is 1. The molecule has 14 heavy (non-hydrogen) atoms. The van der Waals surface area contributed by atoms with Gasteiger partial charge < -0.3 is 15.9 Å². The summed E-state index contributed by atoms with van der Waals surface area (Å²) in [6, 6.07) is 1.01. The molecule has 1 aromatic carbocycles. The highest BCUT2D eigenvalue weighted by molar-refractivity contribution is 6.31. The maximum absolute atomic E-state index is 9.75. The summed E-state index contributed by atoms with van der Waals surface area (Å²) in [4.78, 5) is 0. The second kappa shape index (κ2) is 4.17. The van der Waals surface area contributed by atoms with Gasteiger partial charge in [-0.1, -0.05) is 11.6 Å². The van der Waals surface area contributed by atoms with Crippen LogP contribution in [-0.4, -0.2) is 16.8 Å². The van der Waals surface area contributed by atoms with Gasteiger partial charge in [0, 0.05) is 10.6 Å². The first kappa shape index (κ1) is 11.3. The molecule has 4 heteroatoms. The van der Waals surface area contributed by atoms with Gasteiger partial charge in [0.1, 0.15) is 5.75 Å². The van der Waals surface area contributed by atoms with E-state index in [0.29, 0.717) is 16.1 Å². The van der Waals surface area contributed by atoms with Gasteiger partial charge in [-0.2, -0.15) is 0 Å². The Bertz CT molecular complexity index is 352. The predicted octanol–water partition coefficient (Wildman–Crippen LogP) is 1.65. The number of aliphatic hydroxyl groups excluding tert-OH is 1. The fraction of sp³-hybridized carbons (Fsp3) is 0.400. The summed E-state index contributed by atoms with van der Waals surface area (Å²) in [5.41, 5.74) is 7.64. The van der Waals surface area contributed by atoms with Crippen molar-refractivity contribution in [2.24, 2.45) is 5.73 Å². The Labute approximate surface area is 88.1 Å². The second-order valence-corrected chi connectivity index (χ2v) is 3.74. The van der Waals surface area contributed by atoms with Gasteiger partial charge in [0.05, 0.1) is 12.6 Å². The Balaban J connectivity index is 3.33. The van der Waals surface area contributed by atoms with Gasteiger partial charge in [-0.05, 0) is 31.0 Å². The number of phenols is 1. The molecule has 0 saturated carbocycles. The number of phenolic OH excluding ortho intramolecular Hbond substituents is 1. The molecule has 0 aliphatic carbocycles. The first-order valence-corrected chi connectivity index (χ1v) is 4.71. The minimum atomic E-state index is -0.591. The van der Waals surface area contributed by atoms with Crippen LogP contribution in [-0.2, 0) is 0 Å². The van der Waals surface area contributed by atoms with Crippen molar-refractivity contribution < 1.29 is 10.2 Å². The second-order valence-electron chi connectivity index (χ2n) is 3.34. The van der Waals surface area contributed by atoms with Crippen molar-refractivity contribution >= 4 is 11.6 Å². The maximum Gasteiger partial charge on any atom is 0.123 e. The molecular weight excluding hydrogens is 202 g/mol. The van der Waals surface area contributed by atoms with Gasteiger partial charge in [0.25, 0.3) is 0 Å². The SMILES string of the molecule is Cc1c(Cl)cc(C(N)CO)c(O)c1C. The van der Waals surface area contributed by atoms with Gasteiger partial charge in [0.15, 0.2) is 0 Å². The highest BCUT2D eigenvalue weighted by atomic mass is 35.5. The summed E-state index contributed by atoms with van der Waals surface area (Å²) in [6.45, 7) is 3.38. The first-order chi connectivity index (χ1) is 6.49. The van der Waals surface area contributed by atoms with E-state index in [2.05, 4.69) is 0 Å². The molecule has 0 aliphatic rings. The van der Waals surface area contributed by atoms with Crippen molar-refractivity contribution in [3.05, 3.63) is 27.8 Å². The van der Waals surface area contributed by atoms with Crippen LogP contribution >= 0.6 is 11.6 Å². The highest BCUT2D eigenvalue weighted by Crippen LogP contribution is 2.33. The van der Waals surface area contributed by atoms with E-state index in [-0.39, 0.29) is 12.4 Å². The normalized spacial score (nSPS) is 12.9. The predicted molar refractivity (Wildman–Crippen MR) is 56.6 cm³/mol. The molecule has 1 unspecified atom stereocenters. The number of halogens is 1. The lowest BCUT2D eigenvalue weighted by Gasteiger charge is -2.15. The minimum Gasteiger partial charge on any atom is -0.507 e. The molecule has 1 atom stereocenters. The van der Waals surface area contributed by atoms with Crippen LogP contribution in [0.15, 0.2) is 6.07 Å². The number of aromatic hydroxyl groups is 1. The van der Waals surface area contributed by atoms with Crippen molar-refractivity contribution in [2.75, 3.05) is 6.61 Å². The molecule has 0 spiro atoms. The summed E-state index contributed by atoms with van der Waals surface area (Å²) in [5, 5.41) is 19.2. The van der Waals surface area contributed by atoms with Crippen LogP contribution in [0.5, 0.6) is 5.75 Å². The molecule has 0 aromatic heterocycles. The van der Waals surface area contributed by atoms with E-state index < -0.39 is 6.04 Å². The summed E-state index contributed by atoms with van der Waals surface area (Å²) >= 11 is 5.94. The van der Waals surface area contributed by atoms with Crippen LogP contribution in [0.1, 0.15) is 22.7 Å². The lowest BCUT2D eigenvalue weighted by Crippen LogP contribution is -2.15. The quantitative estimate of drug-likeness (QED) is 0.703. The molecule has 78 valence electrons. The molecule has 3 nitrogen and oxygen atoms in total. The smallest absolute Gasteiger partial charge is 0.123 e. The van der Waals surface area contributed by atoms with Gasteiger partial charge in [-0.3, -0.25) is 0 Å². The van der Waals surface area contributed by atoms with Gasteiger partial charge in [0.2, 0.25) is 0 Å². The molecular formula is C10H14ClNO2. The Morgan fingerprint density at radius 2 is 2.00 bits per heavy atom. The topological polar surface area (TPSA) is 66.5 Å². The average Bonchev–Trinajstić information content (AvgIpc) is 2.19. The number of hydrogen-bond donors (Lipinski definition) is 3. The maximum atomic E-state index is 9.75. The lowest BCUT2D eigenvalue weighted by atomic mass is 10.00. The number of hydrogen-bond acceptors (Lipinski definition) is 3. The molecule has 0 saturated heterocycles. The van der Waals surface area contributed by atoms with Crippen molar-refractivity contribution in [3.63, 3.8) is 0 Å². The van der Waals surface area contributed by atoms with E-state index in [1.54, 1.807) is 13.0 Å². The van der Waals surface area contributed by atoms with Crippen molar-refractivity contribution in [2.45, 2.75) is 19.9 Å². The van der Waals surface area contributed by atoms with E-state index >= 15 is 0 Å². The molecule has 4 N–H and O–H groups in total. The standard InChI is InChI=1S/C10H14ClNO2/c1-5-6(2)10(14)7(3-8(5)11)9(12)4-13/h3,9,13-14H,4,12H2,1-2H3. The Morgan fingerprint density at radius 3 is 2.50 bits per heavy atom. The zero-order valence-electron chi connectivity index (χ0n) is 8.21. The summed E-state index contributed by atoms with van der Waals surface area (Å²) in [6.07, 6.45) is 0. The van der Waals surface area contributed by atoms with E-state index in [4.69, 9.17) is 22.4 Å². The Hall–Kier alpha value is -0.770. The molecule has 1 rings (SSSR count). The molecule has 0 fully saturated rings. The van der Waals surface area contributed by atoms with Crippen molar-refractivity contribution in [3.8, 4) is 5.75 Å². The zero-order valence-corrected chi connectivity index (χ0v) is 8.97. The molecule has 1 aromatic rings. The van der Waals surface area contributed by atoms with Crippen molar-refractivity contribution in [1.29, 1.82) is 0 Å².